The third kappa shape index (κ3) is 1.94. The average molecular weight is 278 g/mol. The van der Waals surface area contributed by atoms with Crippen LogP contribution in [-0.4, -0.2) is 24.6 Å². The van der Waals surface area contributed by atoms with E-state index in [2.05, 4.69) is 19.5 Å². The van der Waals surface area contributed by atoms with Crippen molar-refractivity contribution in [2.24, 2.45) is 0 Å². The number of aromatic nitrogens is 4. The summed E-state index contributed by atoms with van der Waals surface area (Å²) in [5.41, 5.74) is 4.02. The van der Waals surface area contributed by atoms with Crippen LogP contribution in [0.3, 0.4) is 0 Å². The van der Waals surface area contributed by atoms with Gasteiger partial charge in [0.1, 0.15) is 0 Å². The van der Waals surface area contributed by atoms with Gasteiger partial charge in [-0.15, -0.1) is 0 Å². The Morgan fingerprint density at radius 2 is 2.10 bits per heavy atom. The topological polar surface area (TPSA) is 63.8 Å². The van der Waals surface area contributed by atoms with Crippen molar-refractivity contribution in [1.82, 2.24) is 19.5 Å². The highest BCUT2D eigenvalue weighted by Gasteiger charge is 2.30. The van der Waals surface area contributed by atoms with Gasteiger partial charge < -0.3 is 9.67 Å². The summed E-state index contributed by atoms with van der Waals surface area (Å²) >= 11 is 0. The molecule has 104 valence electrons. The molecule has 0 aliphatic carbocycles. The van der Waals surface area contributed by atoms with Gasteiger partial charge in [-0.05, 0) is 23.8 Å². The number of rotatable bonds is 3. The van der Waals surface area contributed by atoms with Gasteiger partial charge >= 0.3 is 0 Å². The molecule has 0 amide bonds. The molecule has 1 aliphatic rings. The van der Waals surface area contributed by atoms with Gasteiger partial charge in [-0.25, -0.2) is 4.98 Å². The quantitative estimate of drug-likeness (QED) is 0.799. The molecule has 0 saturated heterocycles. The predicted molar refractivity (Wildman–Crippen MR) is 77.4 cm³/mol. The number of aliphatic hydroxyl groups is 1. The second kappa shape index (κ2) is 4.79. The number of imidazole rings is 1. The van der Waals surface area contributed by atoms with Gasteiger partial charge in [0, 0.05) is 30.6 Å². The monoisotopic (exact) mass is 278 g/mol. The molecule has 0 radical (unpaired) electrons. The Morgan fingerprint density at radius 1 is 1.14 bits per heavy atom. The molecule has 1 aliphatic heterocycles. The zero-order chi connectivity index (χ0) is 14.2. The molecule has 0 bridgehead atoms. The molecule has 5 nitrogen and oxygen atoms in total. The zero-order valence-electron chi connectivity index (χ0n) is 11.3. The molecule has 2 unspecified atom stereocenters. The first-order valence-electron chi connectivity index (χ1n) is 6.89. The predicted octanol–water partition coefficient (Wildman–Crippen LogP) is 2.37. The van der Waals surface area contributed by atoms with Crippen molar-refractivity contribution in [3.8, 4) is 11.3 Å². The lowest BCUT2D eigenvalue weighted by Gasteiger charge is -2.18. The first-order chi connectivity index (χ1) is 10.3. The standard InChI is InChI=1S/C16H14N4O/c21-16(13-3-1-2-5-19-13)7-14-11-4-6-17-8-12(11)15-9-18-10-20(14)15/h1-6,8-10,14,16,21H,7H2. The molecule has 0 aromatic carbocycles. The van der Waals surface area contributed by atoms with Crippen LogP contribution < -0.4 is 0 Å². The van der Waals surface area contributed by atoms with Crippen molar-refractivity contribution in [3.05, 3.63) is 66.6 Å². The van der Waals surface area contributed by atoms with E-state index in [-0.39, 0.29) is 6.04 Å². The second-order valence-electron chi connectivity index (χ2n) is 5.17. The van der Waals surface area contributed by atoms with E-state index in [0.717, 1.165) is 11.3 Å². The van der Waals surface area contributed by atoms with Gasteiger partial charge in [0.05, 0.1) is 36.1 Å². The van der Waals surface area contributed by atoms with Crippen LogP contribution in [0, 0.1) is 0 Å². The Balaban J connectivity index is 1.70. The molecular weight excluding hydrogens is 264 g/mol. The summed E-state index contributed by atoms with van der Waals surface area (Å²) in [6.45, 7) is 0. The minimum atomic E-state index is -0.606. The van der Waals surface area contributed by atoms with E-state index in [1.54, 1.807) is 12.4 Å². The molecule has 5 heteroatoms. The summed E-state index contributed by atoms with van der Waals surface area (Å²) in [6, 6.07) is 7.67. The number of hydrogen-bond acceptors (Lipinski definition) is 4. The van der Waals surface area contributed by atoms with Gasteiger partial charge in [-0.2, -0.15) is 0 Å². The van der Waals surface area contributed by atoms with E-state index in [4.69, 9.17) is 0 Å². The highest BCUT2D eigenvalue weighted by atomic mass is 16.3. The van der Waals surface area contributed by atoms with Crippen molar-refractivity contribution >= 4 is 0 Å². The van der Waals surface area contributed by atoms with Crippen LogP contribution in [0.15, 0.2) is 55.4 Å². The molecule has 2 atom stereocenters. The van der Waals surface area contributed by atoms with Gasteiger partial charge in [-0.1, -0.05) is 6.07 Å². The highest BCUT2D eigenvalue weighted by molar-refractivity contribution is 5.67. The molecule has 3 aromatic rings. The number of pyridine rings is 2. The van der Waals surface area contributed by atoms with E-state index < -0.39 is 6.10 Å². The van der Waals surface area contributed by atoms with Crippen LogP contribution in [0.4, 0.5) is 0 Å². The fraction of sp³-hybridized carbons (Fsp3) is 0.188. The minimum Gasteiger partial charge on any atom is -0.387 e. The van der Waals surface area contributed by atoms with Crippen molar-refractivity contribution in [2.45, 2.75) is 18.6 Å². The summed E-state index contributed by atoms with van der Waals surface area (Å²) in [7, 11) is 0. The van der Waals surface area contributed by atoms with Crippen molar-refractivity contribution in [1.29, 1.82) is 0 Å². The fourth-order valence-electron chi connectivity index (χ4n) is 2.97. The molecular formula is C16H14N4O. The molecule has 0 saturated carbocycles. The van der Waals surface area contributed by atoms with E-state index in [0.29, 0.717) is 12.1 Å². The van der Waals surface area contributed by atoms with E-state index in [1.165, 1.54) is 5.56 Å². The lowest BCUT2D eigenvalue weighted by molar-refractivity contribution is 0.149. The van der Waals surface area contributed by atoms with E-state index in [9.17, 15) is 5.11 Å². The lowest BCUT2D eigenvalue weighted by atomic mass is 9.99. The van der Waals surface area contributed by atoms with E-state index in [1.807, 2.05) is 43.0 Å². The summed E-state index contributed by atoms with van der Waals surface area (Å²) in [6.07, 6.45) is 8.96. The van der Waals surface area contributed by atoms with Crippen LogP contribution >= 0.6 is 0 Å². The first kappa shape index (κ1) is 12.2. The maximum atomic E-state index is 10.5. The Labute approximate surface area is 122 Å². The molecule has 4 rings (SSSR count). The number of hydrogen-bond donors (Lipinski definition) is 1. The van der Waals surface area contributed by atoms with Crippen LogP contribution in [0.5, 0.6) is 0 Å². The normalized spacial score (nSPS) is 17.3. The fourth-order valence-corrected chi connectivity index (χ4v) is 2.97. The van der Waals surface area contributed by atoms with Gasteiger partial charge in [0.2, 0.25) is 0 Å². The smallest absolute Gasteiger partial charge is 0.0982 e. The lowest BCUT2D eigenvalue weighted by Crippen LogP contribution is -2.11. The van der Waals surface area contributed by atoms with Crippen LogP contribution in [-0.2, 0) is 0 Å². The average Bonchev–Trinajstić information content (AvgIpc) is 3.11. The summed E-state index contributed by atoms with van der Waals surface area (Å²) in [5.74, 6) is 0. The SMILES string of the molecule is OC(CC1c2ccncc2-c2cncn21)c1ccccn1. The van der Waals surface area contributed by atoms with Crippen molar-refractivity contribution in [3.63, 3.8) is 0 Å². The van der Waals surface area contributed by atoms with Gasteiger partial charge in [-0.3, -0.25) is 9.97 Å². The first-order valence-corrected chi connectivity index (χ1v) is 6.89. The Morgan fingerprint density at radius 3 is 2.95 bits per heavy atom. The summed E-state index contributed by atoms with van der Waals surface area (Å²) in [4.78, 5) is 12.6. The maximum absolute atomic E-state index is 10.5. The molecule has 1 N–H and O–H groups in total. The Hall–Kier alpha value is -2.53. The Kier molecular flexibility index (Phi) is 2.79. The van der Waals surface area contributed by atoms with Crippen LogP contribution in [0.1, 0.15) is 29.8 Å². The van der Waals surface area contributed by atoms with Gasteiger partial charge in [0.15, 0.2) is 0 Å². The maximum Gasteiger partial charge on any atom is 0.0982 e. The summed E-state index contributed by atoms with van der Waals surface area (Å²) < 4.78 is 2.10. The molecule has 0 spiro atoms. The number of fused-ring (bicyclic) bond motifs is 3. The van der Waals surface area contributed by atoms with Crippen LogP contribution in [0.2, 0.25) is 0 Å². The zero-order valence-corrected chi connectivity index (χ0v) is 11.3. The van der Waals surface area contributed by atoms with Crippen LogP contribution in [0.25, 0.3) is 11.3 Å². The largest absolute Gasteiger partial charge is 0.387 e. The van der Waals surface area contributed by atoms with E-state index >= 15 is 0 Å². The van der Waals surface area contributed by atoms with Crippen molar-refractivity contribution in [2.75, 3.05) is 0 Å². The molecule has 4 heterocycles. The number of nitrogens with zero attached hydrogens (tertiary/aromatic N) is 4. The van der Waals surface area contributed by atoms with Gasteiger partial charge in [0.25, 0.3) is 0 Å². The third-order valence-electron chi connectivity index (χ3n) is 3.97. The highest BCUT2D eigenvalue weighted by Crippen LogP contribution is 2.42. The second-order valence-corrected chi connectivity index (χ2v) is 5.17. The number of aliphatic hydroxyl groups excluding tert-OH is 1. The van der Waals surface area contributed by atoms with Crippen molar-refractivity contribution < 1.29 is 5.11 Å². The molecule has 3 aromatic heterocycles. The third-order valence-corrected chi connectivity index (χ3v) is 3.97. The summed E-state index contributed by atoms with van der Waals surface area (Å²) in [5, 5.41) is 10.5. The minimum absolute atomic E-state index is 0.0671. The molecule has 0 fully saturated rings. The Bertz CT molecular complexity index is 769. The molecule has 21 heavy (non-hydrogen) atoms.